The van der Waals surface area contributed by atoms with Gasteiger partial charge in [-0.05, 0) is 68.7 Å². The Kier molecular flexibility index (Phi) is 6.53. The zero-order valence-electron chi connectivity index (χ0n) is 18.5. The maximum Gasteiger partial charge on any atom is 0.243 e. The monoisotopic (exact) mass is 455 g/mol. The molecule has 7 nitrogen and oxygen atoms in total. The van der Waals surface area contributed by atoms with Gasteiger partial charge in [0.25, 0.3) is 0 Å². The van der Waals surface area contributed by atoms with Gasteiger partial charge in [0, 0.05) is 36.7 Å². The van der Waals surface area contributed by atoms with Crippen molar-refractivity contribution in [2.75, 3.05) is 19.7 Å². The van der Waals surface area contributed by atoms with E-state index in [0.29, 0.717) is 31.1 Å². The number of amides is 1. The normalized spacial score (nSPS) is 15.7. The van der Waals surface area contributed by atoms with Crippen LogP contribution in [-0.2, 0) is 21.4 Å². The molecular weight excluding hydrogens is 426 g/mol. The molecule has 32 heavy (non-hydrogen) atoms. The first-order valence-electron chi connectivity index (χ1n) is 11.0. The molecule has 170 valence electrons. The number of benzene rings is 2. The van der Waals surface area contributed by atoms with E-state index in [1.807, 2.05) is 54.9 Å². The zero-order chi connectivity index (χ0) is 22.7. The number of ether oxygens (including phenoxy) is 1. The number of hydrogen-bond donors (Lipinski definition) is 1. The lowest BCUT2D eigenvalue weighted by Crippen LogP contribution is -2.30. The van der Waals surface area contributed by atoms with Crippen LogP contribution in [-0.4, -0.2) is 42.9 Å². The van der Waals surface area contributed by atoms with Gasteiger partial charge in [-0.3, -0.25) is 4.79 Å². The van der Waals surface area contributed by atoms with Gasteiger partial charge >= 0.3 is 0 Å². The highest BCUT2D eigenvalue weighted by Gasteiger charge is 2.27. The van der Waals surface area contributed by atoms with Crippen LogP contribution in [0.4, 0.5) is 0 Å². The first-order valence-corrected chi connectivity index (χ1v) is 12.4. The van der Waals surface area contributed by atoms with E-state index < -0.39 is 16.1 Å². The molecule has 0 aliphatic carbocycles. The van der Waals surface area contributed by atoms with E-state index in [0.717, 1.165) is 35.1 Å². The maximum absolute atomic E-state index is 12.9. The fourth-order valence-corrected chi connectivity index (χ4v) is 5.60. The van der Waals surface area contributed by atoms with Gasteiger partial charge in [0.2, 0.25) is 15.9 Å². The molecule has 1 aromatic heterocycles. The number of carbonyl (C=O) groups excluding carboxylic acids is 1. The summed E-state index contributed by atoms with van der Waals surface area (Å²) in [6.07, 6.45) is 3.64. The van der Waals surface area contributed by atoms with Crippen molar-refractivity contribution in [2.45, 2.75) is 44.2 Å². The molecule has 1 aliphatic heterocycles. The molecule has 0 saturated carbocycles. The number of sulfonamides is 1. The second-order valence-electron chi connectivity index (χ2n) is 8.03. The minimum absolute atomic E-state index is 0.106. The van der Waals surface area contributed by atoms with Crippen molar-refractivity contribution in [1.29, 1.82) is 0 Å². The van der Waals surface area contributed by atoms with Gasteiger partial charge in [0.1, 0.15) is 11.8 Å². The lowest BCUT2D eigenvalue weighted by Gasteiger charge is -2.17. The number of nitrogens with zero attached hydrogens (tertiary/aromatic N) is 2. The molecule has 1 N–H and O–H groups in total. The molecule has 1 fully saturated rings. The Morgan fingerprint density at radius 1 is 1.09 bits per heavy atom. The van der Waals surface area contributed by atoms with Crippen molar-refractivity contribution in [3.05, 3.63) is 60.3 Å². The highest BCUT2D eigenvalue weighted by molar-refractivity contribution is 7.89. The second kappa shape index (κ2) is 9.34. The molecule has 0 unspecified atom stereocenters. The smallest absolute Gasteiger partial charge is 0.243 e. The second-order valence-corrected chi connectivity index (χ2v) is 9.96. The Labute approximate surface area is 189 Å². The van der Waals surface area contributed by atoms with Gasteiger partial charge < -0.3 is 14.6 Å². The summed E-state index contributed by atoms with van der Waals surface area (Å²) in [6.45, 7) is 5.96. The van der Waals surface area contributed by atoms with Crippen LogP contribution < -0.4 is 10.1 Å². The predicted molar refractivity (Wildman–Crippen MR) is 124 cm³/mol. The summed E-state index contributed by atoms with van der Waals surface area (Å²) in [6, 6.07) is 14.2. The van der Waals surface area contributed by atoms with E-state index in [1.165, 1.54) is 0 Å². The molecule has 0 spiro atoms. The van der Waals surface area contributed by atoms with Crippen molar-refractivity contribution >= 4 is 26.8 Å². The lowest BCUT2D eigenvalue weighted by atomic mass is 10.2. The molecule has 1 saturated heterocycles. The lowest BCUT2D eigenvalue weighted by molar-refractivity contribution is -0.123. The third kappa shape index (κ3) is 4.52. The minimum atomic E-state index is -3.47. The summed E-state index contributed by atoms with van der Waals surface area (Å²) in [7, 11) is -3.47. The van der Waals surface area contributed by atoms with Crippen molar-refractivity contribution in [2.24, 2.45) is 0 Å². The first kappa shape index (κ1) is 22.4. The molecule has 1 atom stereocenters. The summed E-state index contributed by atoms with van der Waals surface area (Å²) in [4.78, 5) is 13.1. The van der Waals surface area contributed by atoms with Crippen LogP contribution in [0.3, 0.4) is 0 Å². The average molecular weight is 456 g/mol. The van der Waals surface area contributed by atoms with Crippen molar-refractivity contribution in [3.8, 4) is 5.75 Å². The summed E-state index contributed by atoms with van der Waals surface area (Å²) in [5.74, 6) is 0.700. The van der Waals surface area contributed by atoms with Crippen molar-refractivity contribution in [3.63, 3.8) is 0 Å². The molecule has 2 aromatic carbocycles. The van der Waals surface area contributed by atoms with Crippen molar-refractivity contribution < 1.29 is 17.9 Å². The average Bonchev–Trinajstić information content (AvgIpc) is 3.48. The van der Waals surface area contributed by atoms with Gasteiger partial charge in [-0.25, -0.2) is 8.42 Å². The van der Waals surface area contributed by atoms with Crippen LogP contribution in [0.15, 0.2) is 59.6 Å². The Morgan fingerprint density at radius 3 is 2.50 bits per heavy atom. The van der Waals surface area contributed by atoms with Gasteiger partial charge in [-0.15, -0.1) is 0 Å². The molecule has 0 bridgehead atoms. The molecule has 3 aromatic rings. The molecule has 0 radical (unpaired) electrons. The SMILES string of the molecule is CCOc1ccc(CNC(=O)[C@H](C)n2ccc3cc(S(=O)(=O)N4CCCC4)ccc32)cc1. The quantitative estimate of drug-likeness (QED) is 0.562. The standard InChI is InChI=1S/C24H29N3O4S/c1-3-31-21-8-6-19(7-9-21)17-25-24(28)18(2)27-15-12-20-16-22(10-11-23(20)27)32(29,30)26-13-4-5-14-26/h6-12,15-16,18H,3-5,13-14,17H2,1-2H3,(H,25,28)/t18-/m0/s1. The number of rotatable bonds is 8. The van der Waals surface area contributed by atoms with E-state index in [1.54, 1.807) is 22.5 Å². The van der Waals surface area contributed by atoms with Gasteiger partial charge in [-0.2, -0.15) is 4.31 Å². The van der Waals surface area contributed by atoms with Crippen LogP contribution in [0.1, 0.15) is 38.3 Å². The number of carbonyl (C=O) groups is 1. The number of hydrogen-bond acceptors (Lipinski definition) is 4. The maximum atomic E-state index is 12.9. The van der Waals surface area contributed by atoms with Crippen molar-refractivity contribution in [1.82, 2.24) is 14.2 Å². The topological polar surface area (TPSA) is 80.6 Å². The Hall–Kier alpha value is -2.84. The van der Waals surface area contributed by atoms with E-state index in [2.05, 4.69) is 5.32 Å². The summed E-state index contributed by atoms with van der Waals surface area (Å²) in [5, 5.41) is 3.78. The van der Waals surface area contributed by atoms with E-state index in [-0.39, 0.29) is 5.91 Å². The fraction of sp³-hybridized carbons (Fsp3) is 0.375. The van der Waals surface area contributed by atoms with Gasteiger partial charge in [0.05, 0.1) is 11.5 Å². The highest BCUT2D eigenvalue weighted by Crippen LogP contribution is 2.27. The van der Waals surface area contributed by atoms with Gasteiger partial charge in [0.15, 0.2) is 0 Å². The minimum Gasteiger partial charge on any atom is -0.494 e. The van der Waals surface area contributed by atoms with Crippen LogP contribution >= 0.6 is 0 Å². The zero-order valence-corrected chi connectivity index (χ0v) is 19.3. The molecular formula is C24H29N3O4S. The number of fused-ring (bicyclic) bond motifs is 1. The summed E-state index contributed by atoms with van der Waals surface area (Å²) >= 11 is 0. The predicted octanol–water partition coefficient (Wildman–Crippen LogP) is 3.70. The van der Waals surface area contributed by atoms with Crippen LogP contribution in [0.2, 0.25) is 0 Å². The third-order valence-corrected chi connectivity index (χ3v) is 7.79. The highest BCUT2D eigenvalue weighted by atomic mass is 32.2. The first-order chi connectivity index (χ1) is 15.4. The Morgan fingerprint density at radius 2 is 1.81 bits per heavy atom. The van der Waals surface area contributed by atoms with Gasteiger partial charge in [-0.1, -0.05) is 12.1 Å². The Bertz CT molecular complexity index is 1200. The van der Waals surface area contributed by atoms with E-state index in [9.17, 15) is 13.2 Å². The van der Waals surface area contributed by atoms with E-state index in [4.69, 9.17) is 4.74 Å². The number of nitrogens with one attached hydrogen (secondary N) is 1. The molecule has 1 aliphatic rings. The largest absolute Gasteiger partial charge is 0.494 e. The Balaban J connectivity index is 1.46. The van der Waals surface area contributed by atoms with Crippen LogP contribution in [0.5, 0.6) is 5.75 Å². The third-order valence-electron chi connectivity index (χ3n) is 5.89. The van der Waals surface area contributed by atoms with Crippen LogP contribution in [0.25, 0.3) is 10.9 Å². The van der Waals surface area contributed by atoms with E-state index >= 15 is 0 Å². The van der Waals surface area contributed by atoms with Crippen LogP contribution in [0, 0.1) is 0 Å². The summed E-state index contributed by atoms with van der Waals surface area (Å²) < 4.78 is 34.6. The molecule has 8 heteroatoms. The summed E-state index contributed by atoms with van der Waals surface area (Å²) in [5.41, 5.74) is 1.82. The molecule has 4 rings (SSSR count). The molecule has 2 heterocycles. The number of aromatic nitrogens is 1. The molecule has 1 amide bonds. The fourth-order valence-electron chi connectivity index (χ4n) is 4.05.